The van der Waals surface area contributed by atoms with Crippen LogP contribution in [0.1, 0.15) is 11.4 Å². The molecule has 1 rings (SSSR count). The first kappa shape index (κ1) is 6.74. The van der Waals surface area contributed by atoms with Gasteiger partial charge < -0.3 is 5.73 Å². The van der Waals surface area contributed by atoms with Crippen molar-refractivity contribution in [2.45, 2.75) is 0 Å². The summed E-state index contributed by atoms with van der Waals surface area (Å²) < 4.78 is 0. The van der Waals surface area contributed by atoms with Crippen molar-refractivity contribution in [2.75, 3.05) is 5.73 Å². The Bertz CT molecular complexity index is 255. The van der Waals surface area contributed by atoms with Crippen molar-refractivity contribution in [3.63, 3.8) is 0 Å². The summed E-state index contributed by atoms with van der Waals surface area (Å²) >= 11 is 0. The molecule has 0 amide bonds. The van der Waals surface area contributed by atoms with E-state index < -0.39 is 0 Å². The van der Waals surface area contributed by atoms with Crippen molar-refractivity contribution in [3.8, 4) is 0 Å². The average molecular weight is 134 g/mol. The van der Waals surface area contributed by atoms with Crippen LogP contribution < -0.4 is 5.73 Å². The molecule has 0 saturated heterocycles. The summed E-state index contributed by atoms with van der Waals surface area (Å²) in [7, 11) is 0. The van der Waals surface area contributed by atoms with Crippen molar-refractivity contribution < 1.29 is 0 Å². The van der Waals surface area contributed by atoms with Crippen molar-refractivity contribution in [2.24, 2.45) is 0 Å². The fourth-order valence-corrected chi connectivity index (χ4v) is 0.541. The Kier molecular flexibility index (Phi) is 1.67. The molecule has 0 saturated carbocycles. The molecule has 0 atom stereocenters. The van der Waals surface area contributed by atoms with E-state index in [4.69, 9.17) is 5.73 Å². The number of nitrogen functional groups attached to an aromatic ring is 1. The van der Waals surface area contributed by atoms with Crippen LogP contribution >= 0.6 is 0 Å². The van der Waals surface area contributed by atoms with Crippen LogP contribution in [0.25, 0.3) is 6.08 Å². The highest BCUT2D eigenvalue weighted by Crippen LogP contribution is 2.03. The normalized spacial score (nSPS) is 9.30. The van der Waals surface area contributed by atoms with Crippen LogP contribution in [0.15, 0.2) is 12.8 Å². The molecule has 0 aliphatic rings. The molecule has 3 nitrogen and oxygen atoms in total. The molecule has 0 unspecified atom stereocenters. The number of hydrogen-bond acceptors (Lipinski definition) is 3. The van der Waals surface area contributed by atoms with Crippen LogP contribution in [0.3, 0.4) is 0 Å². The SMILES string of the molecule is [CH2]c1ncc(C=C)nc1N. The molecule has 1 aromatic rings. The maximum Gasteiger partial charge on any atom is 0.145 e. The molecule has 0 bridgehead atoms. The lowest BCUT2D eigenvalue weighted by Crippen LogP contribution is -1.97. The summed E-state index contributed by atoms with van der Waals surface area (Å²) in [6.45, 7) is 7.09. The predicted octanol–water partition coefficient (Wildman–Crippen LogP) is 0.884. The minimum absolute atomic E-state index is 0.359. The number of nitrogens with zero attached hydrogens (tertiary/aromatic N) is 2. The lowest BCUT2D eigenvalue weighted by molar-refractivity contribution is 1.16. The second-order valence-corrected chi connectivity index (χ2v) is 1.83. The highest BCUT2D eigenvalue weighted by atomic mass is 14.9. The Labute approximate surface area is 59.6 Å². The minimum atomic E-state index is 0.359. The Balaban J connectivity index is 3.16. The van der Waals surface area contributed by atoms with Gasteiger partial charge in [0, 0.05) is 0 Å². The predicted molar refractivity (Wildman–Crippen MR) is 41.0 cm³/mol. The molecule has 3 heteroatoms. The first-order chi connectivity index (χ1) is 4.74. The number of anilines is 1. The maximum atomic E-state index is 5.41. The van der Waals surface area contributed by atoms with Crippen molar-refractivity contribution in [1.82, 2.24) is 9.97 Å². The van der Waals surface area contributed by atoms with Gasteiger partial charge in [-0.25, -0.2) is 4.98 Å². The molecule has 10 heavy (non-hydrogen) atoms. The van der Waals surface area contributed by atoms with E-state index >= 15 is 0 Å². The van der Waals surface area contributed by atoms with E-state index in [-0.39, 0.29) is 0 Å². The highest BCUT2D eigenvalue weighted by Gasteiger charge is 1.94. The number of nitrogens with two attached hydrogens (primary N) is 1. The van der Waals surface area contributed by atoms with Gasteiger partial charge in [-0.2, -0.15) is 0 Å². The molecule has 0 fully saturated rings. The molecule has 1 radical (unpaired) electrons. The van der Waals surface area contributed by atoms with Crippen molar-refractivity contribution in [1.29, 1.82) is 0 Å². The smallest absolute Gasteiger partial charge is 0.145 e. The van der Waals surface area contributed by atoms with E-state index in [1.807, 2.05) is 0 Å². The number of aromatic nitrogens is 2. The van der Waals surface area contributed by atoms with Crippen LogP contribution in [0, 0.1) is 6.92 Å². The van der Waals surface area contributed by atoms with E-state index in [0.29, 0.717) is 17.2 Å². The van der Waals surface area contributed by atoms with E-state index in [0.717, 1.165) is 0 Å². The number of hydrogen-bond donors (Lipinski definition) is 1. The van der Waals surface area contributed by atoms with Gasteiger partial charge in [-0.3, -0.25) is 4.98 Å². The van der Waals surface area contributed by atoms with Crippen LogP contribution in [0.2, 0.25) is 0 Å². The zero-order valence-corrected chi connectivity index (χ0v) is 5.54. The molecule has 0 spiro atoms. The third kappa shape index (κ3) is 1.13. The Morgan fingerprint density at radius 1 is 1.60 bits per heavy atom. The Morgan fingerprint density at radius 3 is 2.80 bits per heavy atom. The third-order valence-corrected chi connectivity index (χ3v) is 1.11. The van der Waals surface area contributed by atoms with Crippen LogP contribution in [0.4, 0.5) is 5.82 Å². The average Bonchev–Trinajstić information content (AvgIpc) is 1.95. The van der Waals surface area contributed by atoms with Crippen LogP contribution in [0.5, 0.6) is 0 Å². The lowest BCUT2D eigenvalue weighted by atomic mass is 10.4. The molecule has 1 aromatic heterocycles. The van der Waals surface area contributed by atoms with Gasteiger partial charge in [-0.15, -0.1) is 0 Å². The van der Waals surface area contributed by atoms with Gasteiger partial charge in [0.25, 0.3) is 0 Å². The van der Waals surface area contributed by atoms with Gasteiger partial charge >= 0.3 is 0 Å². The highest BCUT2D eigenvalue weighted by molar-refractivity contribution is 5.46. The monoisotopic (exact) mass is 134 g/mol. The second-order valence-electron chi connectivity index (χ2n) is 1.83. The molecule has 2 N–H and O–H groups in total. The van der Waals surface area contributed by atoms with Crippen molar-refractivity contribution in [3.05, 3.63) is 31.1 Å². The second kappa shape index (κ2) is 2.47. The van der Waals surface area contributed by atoms with Gasteiger partial charge in [-0.05, 0) is 13.0 Å². The molecule has 0 aromatic carbocycles. The Hall–Kier alpha value is -1.38. The summed E-state index contributed by atoms with van der Waals surface area (Å²) in [5, 5.41) is 0. The zero-order valence-electron chi connectivity index (χ0n) is 5.54. The molecule has 0 aliphatic heterocycles. The zero-order chi connectivity index (χ0) is 7.56. The summed E-state index contributed by atoms with van der Waals surface area (Å²) in [4.78, 5) is 7.81. The molecular formula is C7H8N3. The van der Waals surface area contributed by atoms with Gasteiger partial charge in [0.2, 0.25) is 0 Å². The summed E-state index contributed by atoms with van der Waals surface area (Å²) in [6, 6.07) is 0. The van der Waals surface area contributed by atoms with Crippen LogP contribution in [-0.2, 0) is 0 Å². The van der Waals surface area contributed by atoms with E-state index in [1.54, 1.807) is 12.3 Å². The van der Waals surface area contributed by atoms with Crippen molar-refractivity contribution >= 4 is 11.9 Å². The summed E-state index contributed by atoms with van der Waals surface area (Å²) in [5.74, 6) is 0.359. The lowest BCUT2D eigenvalue weighted by Gasteiger charge is -1.96. The standard InChI is InChI=1S/C7H8N3/c1-3-6-4-9-5(2)7(8)10-6/h3-4H,1-2H2,(H2,8,10). The van der Waals surface area contributed by atoms with Gasteiger partial charge in [-0.1, -0.05) is 6.58 Å². The minimum Gasteiger partial charge on any atom is -0.382 e. The Morgan fingerprint density at radius 2 is 2.30 bits per heavy atom. The first-order valence-electron chi connectivity index (χ1n) is 2.81. The van der Waals surface area contributed by atoms with Crippen LogP contribution in [-0.4, -0.2) is 9.97 Å². The fourth-order valence-electron chi connectivity index (χ4n) is 0.541. The van der Waals surface area contributed by atoms with Gasteiger partial charge in [0.15, 0.2) is 0 Å². The molecule has 1 heterocycles. The quantitative estimate of drug-likeness (QED) is 0.620. The molecule has 0 aliphatic carbocycles. The fraction of sp³-hybridized carbons (Fsp3) is 0. The summed E-state index contributed by atoms with van der Waals surface area (Å²) in [5.41, 5.74) is 6.59. The van der Waals surface area contributed by atoms with E-state index in [9.17, 15) is 0 Å². The summed E-state index contributed by atoms with van der Waals surface area (Å²) in [6.07, 6.45) is 3.16. The maximum absolute atomic E-state index is 5.41. The first-order valence-corrected chi connectivity index (χ1v) is 2.81. The van der Waals surface area contributed by atoms with Gasteiger partial charge in [0.05, 0.1) is 17.6 Å². The topological polar surface area (TPSA) is 51.8 Å². The molecule has 51 valence electrons. The largest absolute Gasteiger partial charge is 0.382 e. The van der Waals surface area contributed by atoms with Gasteiger partial charge in [0.1, 0.15) is 5.82 Å². The van der Waals surface area contributed by atoms with E-state index in [2.05, 4.69) is 23.5 Å². The third-order valence-electron chi connectivity index (χ3n) is 1.11. The molecular weight excluding hydrogens is 126 g/mol. The number of rotatable bonds is 1. The van der Waals surface area contributed by atoms with E-state index in [1.165, 1.54) is 0 Å².